The van der Waals surface area contributed by atoms with E-state index >= 15 is 0 Å². The summed E-state index contributed by atoms with van der Waals surface area (Å²) in [4.78, 5) is 29.6. The van der Waals surface area contributed by atoms with E-state index in [1.807, 2.05) is 0 Å². The number of nitrogens with one attached hydrogen (secondary N) is 1. The number of nitrogens with zero attached hydrogens (tertiary/aromatic N) is 2. The first kappa shape index (κ1) is 14.3. The predicted octanol–water partition coefficient (Wildman–Crippen LogP) is 2.46. The molecule has 0 saturated heterocycles. The third-order valence-corrected chi connectivity index (χ3v) is 3.75. The van der Waals surface area contributed by atoms with Crippen LogP contribution in [-0.2, 0) is 0 Å². The van der Waals surface area contributed by atoms with Gasteiger partial charge in [0.25, 0.3) is 5.56 Å². The fraction of sp³-hybridized carbons (Fsp3) is 0. The molecule has 5 nitrogen and oxygen atoms in total. The molecule has 0 aromatic heterocycles. The monoisotopic (exact) mass is 325 g/mol. The molecule has 4 rings (SSSR count). The van der Waals surface area contributed by atoms with Gasteiger partial charge < -0.3 is 0 Å². The van der Waals surface area contributed by atoms with Gasteiger partial charge in [-0.25, -0.2) is 13.6 Å². The van der Waals surface area contributed by atoms with Crippen molar-refractivity contribution in [3.63, 3.8) is 0 Å². The van der Waals surface area contributed by atoms with Gasteiger partial charge in [-0.2, -0.15) is 4.98 Å². The van der Waals surface area contributed by atoms with E-state index in [-0.39, 0.29) is 16.8 Å². The SMILES string of the molecule is O=c1nc2n(-c3cccc(F)c3)c3cccc(F)c3cc-2c(=O)[nH]1. The second-order valence-electron chi connectivity index (χ2n) is 5.24. The molecule has 0 unspecified atom stereocenters. The van der Waals surface area contributed by atoms with Crippen molar-refractivity contribution < 1.29 is 8.78 Å². The zero-order valence-corrected chi connectivity index (χ0v) is 12.1. The Morgan fingerprint density at radius 1 is 1.00 bits per heavy atom. The number of benzene rings is 2. The molecule has 0 spiro atoms. The van der Waals surface area contributed by atoms with E-state index in [9.17, 15) is 18.4 Å². The van der Waals surface area contributed by atoms with Crippen LogP contribution in [0.3, 0.4) is 0 Å². The summed E-state index contributed by atoms with van der Waals surface area (Å²) in [6.45, 7) is 0. The van der Waals surface area contributed by atoms with Crippen molar-refractivity contribution in [2.45, 2.75) is 0 Å². The molecule has 2 aromatic carbocycles. The molecular formula is C17H9F2N3O2. The predicted molar refractivity (Wildman–Crippen MR) is 84.5 cm³/mol. The quantitative estimate of drug-likeness (QED) is 0.547. The smallest absolute Gasteiger partial charge is 0.293 e. The van der Waals surface area contributed by atoms with Gasteiger partial charge in [0.1, 0.15) is 11.6 Å². The highest BCUT2D eigenvalue weighted by Crippen LogP contribution is 2.29. The molecule has 24 heavy (non-hydrogen) atoms. The van der Waals surface area contributed by atoms with Crippen molar-refractivity contribution in [2.75, 3.05) is 0 Å². The average Bonchev–Trinajstić information content (AvgIpc) is 2.53. The van der Waals surface area contributed by atoms with Crippen LogP contribution in [0.15, 0.2) is 58.1 Å². The lowest BCUT2D eigenvalue weighted by Crippen LogP contribution is -2.27. The largest absolute Gasteiger partial charge is 0.349 e. The third-order valence-electron chi connectivity index (χ3n) is 3.75. The number of hydrogen-bond acceptors (Lipinski definition) is 3. The maximum Gasteiger partial charge on any atom is 0.349 e. The first-order valence-corrected chi connectivity index (χ1v) is 7.05. The van der Waals surface area contributed by atoms with Crippen molar-refractivity contribution in [1.29, 1.82) is 0 Å². The lowest BCUT2D eigenvalue weighted by atomic mass is 10.1. The van der Waals surface area contributed by atoms with Crippen LogP contribution in [0.1, 0.15) is 0 Å². The van der Waals surface area contributed by atoms with Crippen LogP contribution in [0.4, 0.5) is 8.78 Å². The van der Waals surface area contributed by atoms with Crippen LogP contribution in [0.25, 0.3) is 28.0 Å². The average molecular weight is 325 g/mol. The van der Waals surface area contributed by atoms with Crippen LogP contribution >= 0.6 is 0 Å². The molecule has 0 bridgehead atoms. The number of pyridine rings is 1. The molecule has 0 atom stereocenters. The van der Waals surface area contributed by atoms with Gasteiger partial charge in [-0.15, -0.1) is 0 Å². The summed E-state index contributed by atoms with van der Waals surface area (Å²) in [5, 5.41) is 0.167. The van der Waals surface area contributed by atoms with Gasteiger partial charge in [0, 0.05) is 5.39 Å². The molecule has 2 heterocycles. The fourth-order valence-corrected chi connectivity index (χ4v) is 2.75. The fourth-order valence-electron chi connectivity index (χ4n) is 2.75. The molecule has 0 radical (unpaired) electrons. The Hall–Kier alpha value is -3.35. The Morgan fingerprint density at radius 2 is 1.79 bits per heavy atom. The van der Waals surface area contributed by atoms with Gasteiger partial charge in [0.05, 0.1) is 16.8 Å². The second-order valence-corrected chi connectivity index (χ2v) is 5.24. The van der Waals surface area contributed by atoms with Crippen LogP contribution in [0, 0.1) is 11.6 Å². The van der Waals surface area contributed by atoms with Crippen molar-refractivity contribution in [3.05, 3.63) is 81.0 Å². The molecule has 0 fully saturated rings. The zero-order valence-electron chi connectivity index (χ0n) is 12.1. The van der Waals surface area contributed by atoms with Gasteiger partial charge in [-0.1, -0.05) is 12.1 Å². The van der Waals surface area contributed by atoms with E-state index in [0.717, 1.165) is 0 Å². The first-order valence-electron chi connectivity index (χ1n) is 7.05. The van der Waals surface area contributed by atoms with Gasteiger partial charge in [-0.05, 0) is 36.4 Å². The molecule has 0 saturated carbocycles. The van der Waals surface area contributed by atoms with Crippen molar-refractivity contribution in [2.24, 2.45) is 0 Å². The van der Waals surface area contributed by atoms with E-state index in [1.165, 1.54) is 41.0 Å². The van der Waals surface area contributed by atoms with E-state index < -0.39 is 22.9 Å². The molecule has 118 valence electrons. The van der Waals surface area contributed by atoms with Crippen molar-refractivity contribution in [3.8, 4) is 17.1 Å². The topological polar surface area (TPSA) is 67.8 Å². The van der Waals surface area contributed by atoms with Gasteiger partial charge in [0.2, 0.25) is 0 Å². The van der Waals surface area contributed by atoms with Crippen molar-refractivity contribution in [1.82, 2.24) is 14.5 Å². The summed E-state index contributed by atoms with van der Waals surface area (Å²) in [6, 6.07) is 11.2. The number of rotatable bonds is 1. The molecular weight excluding hydrogens is 316 g/mol. The van der Waals surface area contributed by atoms with Crippen LogP contribution < -0.4 is 11.2 Å². The van der Waals surface area contributed by atoms with Crippen LogP contribution in [-0.4, -0.2) is 14.5 Å². The molecule has 1 N–H and O–H groups in total. The molecule has 7 heteroatoms. The van der Waals surface area contributed by atoms with E-state index in [0.29, 0.717) is 11.2 Å². The maximum absolute atomic E-state index is 14.2. The number of H-pyrrole nitrogens is 1. The normalized spacial score (nSPS) is 11.2. The number of halogens is 2. The van der Waals surface area contributed by atoms with E-state index in [2.05, 4.69) is 9.97 Å². The molecule has 2 aliphatic rings. The summed E-state index contributed by atoms with van der Waals surface area (Å²) in [5.74, 6) is -1.01. The first-order chi connectivity index (χ1) is 11.5. The highest BCUT2D eigenvalue weighted by molar-refractivity contribution is 5.87. The highest BCUT2D eigenvalue weighted by atomic mass is 19.1. The standard InChI is InChI=1S/C17H9F2N3O2/c18-9-3-1-4-10(7-9)22-14-6-2-5-13(19)11(14)8-12-15(22)20-17(24)21-16(12)23/h1-8H,(H,21,23,24). The number of aromatic nitrogens is 3. The number of hydrogen-bond donors (Lipinski definition) is 1. The minimum atomic E-state index is -0.826. The molecule has 2 aromatic rings. The molecule has 2 aliphatic heterocycles. The summed E-state index contributed by atoms with van der Waals surface area (Å²) in [6.07, 6.45) is 0. The summed E-state index contributed by atoms with van der Waals surface area (Å²) in [7, 11) is 0. The van der Waals surface area contributed by atoms with E-state index in [4.69, 9.17) is 0 Å². The summed E-state index contributed by atoms with van der Waals surface area (Å²) >= 11 is 0. The Balaban J connectivity index is 2.29. The minimum Gasteiger partial charge on any atom is -0.293 e. The Kier molecular flexibility index (Phi) is 3.02. The lowest BCUT2D eigenvalue weighted by molar-refractivity contribution is 0.626. The van der Waals surface area contributed by atoms with Gasteiger partial charge >= 0.3 is 5.69 Å². The minimum absolute atomic E-state index is 0.0347. The Bertz CT molecular complexity index is 1180. The summed E-state index contributed by atoms with van der Waals surface area (Å²) in [5.41, 5.74) is -0.774. The lowest BCUT2D eigenvalue weighted by Gasteiger charge is -2.17. The number of aromatic amines is 1. The van der Waals surface area contributed by atoms with Crippen molar-refractivity contribution >= 4 is 10.9 Å². The van der Waals surface area contributed by atoms with Gasteiger partial charge in [-0.3, -0.25) is 14.3 Å². The zero-order chi connectivity index (χ0) is 16.8. The summed E-state index contributed by atoms with van der Waals surface area (Å²) < 4.78 is 29.3. The Morgan fingerprint density at radius 3 is 2.58 bits per heavy atom. The maximum atomic E-state index is 14.2. The van der Waals surface area contributed by atoms with E-state index in [1.54, 1.807) is 12.1 Å². The highest BCUT2D eigenvalue weighted by Gasteiger charge is 2.19. The van der Waals surface area contributed by atoms with Crippen LogP contribution in [0.2, 0.25) is 0 Å². The Labute approximate surface area is 133 Å². The third kappa shape index (κ3) is 2.10. The van der Waals surface area contributed by atoms with Crippen LogP contribution in [0.5, 0.6) is 0 Å². The molecule has 0 amide bonds. The molecule has 0 aliphatic carbocycles. The van der Waals surface area contributed by atoms with Gasteiger partial charge in [0.15, 0.2) is 5.82 Å². The second kappa shape index (κ2) is 5.09. The number of fused-ring (bicyclic) bond motifs is 2.